The quantitative estimate of drug-likeness (QED) is 0.707. The molecule has 2 aromatic rings. The number of hydrogen-bond donors (Lipinski definition) is 1. The van der Waals surface area contributed by atoms with Gasteiger partial charge in [-0.25, -0.2) is 4.98 Å². The molecule has 2 heterocycles. The molecule has 0 spiro atoms. The van der Waals surface area contributed by atoms with Crippen LogP contribution in [0, 0.1) is 0 Å². The highest BCUT2D eigenvalue weighted by Crippen LogP contribution is 2.14. The first-order chi connectivity index (χ1) is 6.33. The van der Waals surface area contributed by atoms with Crippen LogP contribution in [0.3, 0.4) is 0 Å². The summed E-state index contributed by atoms with van der Waals surface area (Å²) >= 11 is 0. The maximum atomic E-state index is 10.5. The summed E-state index contributed by atoms with van der Waals surface area (Å²) in [4.78, 5) is 17.8. The van der Waals surface area contributed by atoms with Crippen molar-refractivity contribution in [2.45, 2.75) is 13.3 Å². The van der Waals surface area contributed by atoms with E-state index in [1.54, 1.807) is 6.20 Å². The Bertz CT molecular complexity index is 445. The third-order valence-electron chi connectivity index (χ3n) is 2.06. The Morgan fingerprint density at radius 2 is 2.38 bits per heavy atom. The number of H-pyrrole nitrogens is 1. The Labute approximate surface area is 75.8 Å². The number of carbonyl (C=O) groups excluding carboxylic acids is 1. The summed E-state index contributed by atoms with van der Waals surface area (Å²) in [6.07, 6.45) is 3.34. The van der Waals surface area contributed by atoms with Gasteiger partial charge in [-0.2, -0.15) is 0 Å². The normalized spacial score (nSPS) is 10.5. The summed E-state index contributed by atoms with van der Waals surface area (Å²) in [6, 6.07) is 3.86. The van der Waals surface area contributed by atoms with Gasteiger partial charge in [0.1, 0.15) is 5.65 Å². The minimum atomic E-state index is 0.620. The Balaban J connectivity index is 2.63. The van der Waals surface area contributed by atoms with Crippen molar-refractivity contribution in [3.8, 4) is 0 Å². The van der Waals surface area contributed by atoms with E-state index in [9.17, 15) is 4.79 Å². The molecule has 1 N–H and O–H groups in total. The zero-order chi connectivity index (χ0) is 9.26. The lowest BCUT2D eigenvalue weighted by Gasteiger charge is -1.89. The molecule has 0 aliphatic heterocycles. The van der Waals surface area contributed by atoms with Gasteiger partial charge in [-0.05, 0) is 18.6 Å². The zero-order valence-electron chi connectivity index (χ0n) is 7.37. The number of fused-ring (bicyclic) bond motifs is 1. The van der Waals surface area contributed by atoms with Crippen LogP contribution in [0.2, 0.25) is 0 Å². The van der Waals surface area contributed by atoms with Gasteiger partial charge in [-0.1, -0.05) is 6.92 Å². The first-order valence-corrected chi connectivity index (χ1v) is 4.26. The van der Waals surface area contributed by atoms with Crippen LogP contribution in [0.4, 0.5) is 0 Å². The molecular formula is C10H10N2O. The number of pyridine rings is 1. The lowest BCUT2D eigenvalue weighted by Crippen LogP contribution is -1.82. The van der Waals surface area contributed by atoms with Crippen LogP contribution in [0.1, 0.15) is 23.0 Å². The van der Waals surface area contributed by atoms with E-state index in [0.29, 0.717) is 5.56 Å². The zero-order valence-corrected chi connectivity index (χ0v) is 7.37. The maximum absolute atomic E-state index is 10.5. The van der Waals surface area contributed by atoms with E-state index in [2.05, 4.69) is 16.9 Å². The van der Waals surface area contributed by atoms with Crippen LogP contribution in [-0.4, -0.2) is 16.3 Å². The third kappa shape index (κ3) is 1.33. The Kier molecular flexibility index (Phi) is 1.85. The molecule has 0 saturated heterocycles. The smallest absolute Gasteiger partial charge is 0.151 e. The van der Waals surface area contributed by atoms with E-state index >= 15 is 0 Å². The van der Waals surface area contributed by atoms with Gasteiger partial charge in [-0.15, -0.1) is 0 Å². The molecule has 3 heteroatoms. The van der Waals surface area contributed by atoms with Crippen molar-refractivity contribution in [1.29, 1.82) is 0 Å². The van der Waals surface area contributed by atoms with Crippen molar-refractivity contribution in [2.24, 2.45) is 0 Å². The van der Waals surface area contributed by atoms with Gasteiger partial charge < -0.3 is 4.98 Å². The van der Waals surface area contributed by atoms with Gasteiger partial charge >= 0.3 is 0 Å². The lowest BCUT2D eigenvalue weighted by molar-refractivity contribution is 0.112. The molecule has 0 amide bonds. The van der Waals surface area contributed by atoms with E-state index < -0.39 is 0 Å². The summed E-state index contributed by atoms with van der Waals surface area (Å²) in [5, 5.41) is 1.00. The monoisotopic (exact) mass is 174 g/mol. The van der Waals surface area contributed by atoms with E-state index in [1.165, 1.54) is 0 Å². The van der Waals surface area contributed by atoms with Crippen molar-refractivity contribution in [1.82, 2.24) is 9.97 Å². The first kappa shape index (κ1) is 7.98. The molecule has 0 bridgehead atoms. The van der Waals surface area contributed by atoms with Gasteiger partial charge in [0.25, 0.3) is 0 Å². The van der Waals surface area contributed by atoms with E-state index in [1.807, 2.05) is 12.1 Å². The predicted octanol–water partition coefficient (Wildman–Crippen LogP) is 1.94. The molecule has 0 aromatic carbocycles. The topological polar surface area (TPSA) is 45.8 Å². The number of carbonyl (C=O) groups is 1. The second kappa shape index (κ2) is 3.01. The number of nitrogens with one attached hydrogen (secondary N) is 1. The molecule has 2 rings (SSSR count). The van der Waals surface area contributed by atoms with Gasteiger partial charge in [0.05, 0.1) is 0 Å². The highest BCUT2D eigenvalue weighted by molar-refractivity contribution is 5.84. The maximum Gasteiger partial charge on any atom is 0.151 e. The molecule has 66 valence electrons. The molecule has 0 aliphatic rings. The Hall–Kier alpha value is -1.64. The average molecular weight is 174 g/mol. The van der Waals surface area contributed by atoms with Crippen LogP contribution in [0.5, 0.6) is 0 Å². The summed E-state index contributed by atoms with van der Waals surface area (Å²) in [5.41, 5.74) is 2.61. The van der Waals surface area contributed by atoms with Gasteiger partial charge in [0, 0.05) is 22.8 Å². The fourth-order valence-corrected chi connectivity index (χ4v) is 1.34. The number of aldehydes is 1. The number of hydrogen-bond acceptors (Lipinski definition) is 2. The highest BCUT2D eigenvalue weighted by Gasteiger charge is 2.00. The fraction of sp³-hybridized carbons (Fsp3) is 0.200. The van der Waals surface area contributed by atoms with Crippen molar-refractivity contribution in [3.63, 3.8) is 0 Å². The standard InChI is InChI=1S/C10H10N2O/c1-2-9-4-8-3-7(6-13)5-11-10(8)12-9/h3-6H,2H2,1H3,(H,11,12). The largest absolute Gasteiger partial charge is 0.343 e. The summed E-state index contributed by atoms with van der Waals surface area (Å²) in [7, 11) is 0. The van der Waals surface area contributed by atoms with E-state index in [-0.39, 0.29) is 0 Å². The third-order valence-corrected chi connectivity index (χ3v) is 2.06. The van der Waals surface area contributed by atoms with Crippen molar-refractivity contribution in [3.05, 3.63) is 29.6 Å². The van der Waals surface area contributed by atoms with Gasteiger partial charge in [0.15, 0.2) is 6.29 Å². The van der Waals surface area contributed by atoms with E-state index in [0.717, 1.165) is 29.4 Å². The summed E-state index contributed by atoms with van der Waals surface area (Å²) < 4.78 is 0. The fourth-order valence-electron chi connectivity index (χ4n) is 1.34. The van der Waals surface area contributed by atoms with E-state index in [4.69, 9.17) is 0 Å². The highest BCUT2D eigenvalue weighted by atomic mass is 16.1. The van der Waals surface area contributed by atoms with Crippen LogP contribution >= 0.6 is 0 Å². The number of rotatable bonds is 2. The second-order valence-corrected chi connectivity index (χ2v) is 2.97. The number of aromatic amines is 1. The SMILES string of the molecule is CCc1cc2cc(C=O)cnc2[nH]1. The van der Waals surface area contributed by atoms with Crippen LogP contribution < -0.4 is 0 Å². The van der Waals surface area contributed by atoms with Gasteiger partial charge in [0.2, 0.25) is 0 Å². The van der Waals surface area contributed by atoms with Crippen molar-refractivity contribution < 1.29 is 4.79 Å². The van der Waals surface area contributed by atoms with Gasteiger partial charge in [-0.3, -0.25) is 4.79 Å². The number of nitrogens with zero attached hydrogens (tertiary/aromatic N) is 1. The second-order valence-electron chi connectivity index (χ2n) is 2.97. The predicted molar refractivity (Wildman–Crippen MR) is 50.9 cm³/mol. The minimum absolute atomic E-state index is 0.620. The van der Waals surface area contributed by atoms with Crippen LogP contribution in [0.15, 0.2) is 18.3 Å². The minimum Gasteiger partial charge on any atom is -0.343 e. The Morgan fingerprint density at radius 3 is 3.08 bits per heavy atom. The molecule has 0 aliphatic carbocycles. The van der Waals surface area contributed by atoms with Crippen molar-refractivity contribution >= 4 is 17.3 Å². The molecule has 0 fully saturated rings. The number of aryl methyl sites for hydroxylation is 1. The lowest BCUT2D eigenvalue weighted by atomic mass is 10.2. The number of aromatic nitrogens is 2. The molecule has 0 radical (unpaired) electrons. The summed E-state index contributed by atoms with van der Waals surface area (Å²) in [5.74, 6) is 0. The molecule has 2 aromatic heterocycles. The van der Waals surface area contributed by atoms with Crippen molar-refractivity contribution in [2.75, 3.05) is 0 Å². The first-order valence-electron chi connectivity index (χ1n) is 4.26. The molecular weight excluding hydrogens is 164 g/mol. The molecule has 3 nitrogen and oxygen atoms in total. The Morgan fingerprint density at radius 1 is 1.54 bits per heavy atom. The molecule has 13 heavy (non-hydrogen) atoms. The summed E-state index contributed by atoms with van der Waals surface area (Å²) in [6.45, 7) is 2.07. The molecule has 0 unspecified atom stereocenters. The average Bonchev–Trinajstić information content (AvgIpc) is 2.58. The van der Waals surface area contributed by atoms with Crippen LogP contribution in [0.25, 0.3) is 11.0 Å². The molecule has 0 atom stereocenters. The molecule has 0 saturated carbocycles. The van der Waals surface area contributed by atoms with Crippen LogP contribution in [-0.2, 0) is 6.42 Å².